The lowest BCUT2D eigenvalue weighted by Gasteiger charge is -2.27. The maximum absolute atomic E-state index is 12.7. The second kappa shape index (κ2) is 14.4. The number of nitrogens with two attached hydrogens (primary N) is 1. The highest BCUT2D eigenvalue weighted by atomic mass is 16.4. The fourth-order valence-electron chi connectivity index (χ4n) is 2.66. The fourth-order valence-corrected chi connectivity index (χ4v) is 2.66. The number of hydrogen-bond donors (Lipinski definition) is 8. The van der Waals surface area contributed by atoms with Crippen LogP contribution in [0.1, 0.15) is 46.0 Å². The van der Waals surface area contributed by atoms with E-state index in [0.29, 0.717) is 6.42 Å². The Morgan fingerprint density at radius 1 is 0.735 bits per heavy atom. The molecule has 0 rings (SSSR count). The van der Waals surface area contributed by atoms with Crippen LogP contribution in [0.25, 0.3) is 0 Å². The molecule has 0 aliphatic rings. The monoisotopic (exact) mass is 490 g/mol. The number of rotatable bonds is 16. The Kier molecular flexibility index (Phi) is 12.8. The van der Waals surface area contributed by atoms with Crippen LogP contribution in [0.2, 0.25) is 0 Å². The van der Waals surface area contributed by atoms with Gasteiger partial charge in [-0.05, 0) is 12.3 Å². The molecule has 192 valence electrons. The van der Waals surface area contributed by atoms with E-state index in [-0.39, 0.29) is 6.42 Å². The first-order chi connectivity index (χ1) is 15.7. The lowest BCUT2D eigenvalue weighted by molar-refractivity contribution is -0.147. The minimum Gasteiger partial charge on any atom is -0.481 e. The van der Waals surface area contributed by atoms with Crippen LogP contribution in [0.15, 0.2) is 0 Å². The maximum atomic E-state index is 12.7. The molecular weight excluding hydrogens is 460 g/mol. The minimum absolute atomic E-state index is 0.277. The molecule has 0 bridgehead atoms. The van der Waals surface area contributed by atoms with Crippen LogP contribution < -0.4 is 21.7 Å². The first kappa shape index (κ1) is 30.2. The summed E-state index contributed by atoms with van der Waals surface area (Å²) in [5, 5.41) is 42.1. The minimum atomic E-state index is -1.78. The number of hydrogen-bond acceptors (Lipinski definition) is 8. The third-order valence-corrected chi connectivity index (χ3v) is 4.80. The second-order valence-corrected chi connectivity index (χ2v) is 7.57. The van der Waals surface area contributed by atoms with Gasteiger partial charge >= 0.3 is 23.9 Å². The Morgan fingerprint density at radius 2 is 1.24 bits per heavy atom. The van der Waals surface area contributed by atoms with Crippen molar-refractivity contribution in [1.29, 1.82) is 0 Å². The van der Waals surface area contributed by atoms with Crippen LogP contribution in [0.3, 0.4) is 0 Å². The molecule has 15 heteroatoms. The van der Waals surface area contributed by atoms with Crippen molar-refractivity contribution in [3.63, 3.8) is 0 Å². The predicted octanol–water partition coefficient (Wildman–Crippen LogP) is -2.29. The van der Waals surface area contributed by atoms with Crippen molar-refractivity contribution in [2.75, 3.05) is 0 Å². The Morgan fingerprint density at radius 3 is 1.68 bits per heavy atom. The van der Waals surface area contributed by atoms with Gasteiger partial charge in [-0.1, -0.05) is 20.3 Å². The molecule has 0 radical (unpaired) electrons. The molecule has 9 N–H and O–H groups in total. The van der Waals surface area contributed by atoms with Gasteiger partial charge in [0.15, 0.2) is 0 Å². The van der Waals surface area contributed by atoms with E-state index in [1.807, 2.05) is 5.32 Å². The Hall–Kier alpha value is -3.75. The molecule has 3 amide bonds. The fraction of sp³-hybridized carbons (Fsp3) is 0.632. The zero-order valence-corrected chi connectivity index (χ0v) is 18.6. The lowest BCUT2D eigenvalue weighted by atomic mass is 9.97. The standard InChI is InChI=1S/C19H30N4O11/c1-3-8(2)15(18(32)22-11(19(33)34)7-14(28)29)23-17(31)10(6-13(26)27)21-16(30)9(20)4-5-12(24)25/h8-11,15H,3-7,20H2,1-2H3,(H,21,30)(H,22,32)(H,23,31)(H,24,25)(H,26,27)(H,28,29)(H,33,34). The number of carbonyl (C=O) groups excluding carboxylic acids is 3. The zero-order chi connectivity index (χ0) is 26.6. The SMILES string of the molecule is CCC(C)C(NC(=O)C(CC(=O)O)NC(=O)C(N)CCC(=O)O)C(=O)NC(CC(=O)O)C(=O)O. The van der Waals surface area contributed by atoms with Gasteiger partial charge in [0.1, 0.15) is 18.1 Å². The Bertz CT molecular complexity index is 801. The number of amides is 3. The summed E-state index contributed by atoms with van der Waals surface area (Å²) in [6.07, 6.45) is -2.23. The maximum Gasteiger partial charge on any atom is 0.326 e. The van der Waals surface area contributed by atoms with E-state index in [2.05, 4.69) is 10.6 Å². The molecule has 0 saturated heterocycles. The van der Waals surface area contributed by atoms with Gasteiger partial charge in [0, 0.05) is 6.42 Å². The second-order valence-electron chi connectivity index (χ2n) is 7.57. The smallest absolute Gasteiger partial charge is 0.326 e. The number of carbonyl (C=O) groups is 7. The van der Waals surface area contributed by atoms with Gasteiger partial charge in [0.05, 0.1) is 18.9 Å². The van der Waals surface area contributed by atoms with Crippen molar-refractivity contribution >= 4 is 41.6 Å². The van der Waals surface area contributed by atoms with E-state index in [9.17, 15) is 33.6 Å². The van der Waals surface area contributed by atoms with Crippen molar-refractivity contribution < 1.29 is 54.0 Å². The molecule has 0 spiro atoms. The molecule has 34 heavy (non-hydrogen) atoms. The van der Waals surface area contributed by atoms with E-state index in [1.54, 1.807) is 6.92 Å². The molecule has 0 aliphatic carbocycles. The molecule has 0 saturated carbocycles. The third kappa shape index (κ3) is 11.2. The molecule has 0 heterocycles. The average Bonchev–Trinajstić information content (AvgIpc) is 2.72. The van der Waals surface area contributed by atoms with E-state index < -0.39 is 90.9 Å². The van der Waals surface area contributed by atoms with Crippen LogP contribution in [0, 0.1) is 5.92 Å². The van der Waals surface area contributed by atoms with Crippen LogP contribution in [0.4, 0.5) is 0 Å². The van der Waals surface area contributed by atoms with E-state index >= 15 is 0 Å². The molecule has 0 aromatic rings. The zero-order valence-electron chi connectivity index (χ0n) is 18.6. The molecule has 0 aromatic carbocycles. The highest BCUT2D eigenvalue weighted by molar-refractivity contribution is 5.96. The van der Waals surface area contributed by atoms with Gasteiger partial charge in [-0.15, -0.1) is 0 Å². The molecule has 5 unspecified atom stereocenters. The van der Waals surface area contributed by atoms with Crippen molar-refractivity contribution in [2.45, 2.75) is 70.1 Å². The van der Waals surface area contributed by atoms with Gasteiger partial charge < -0.3 is 42.1 Å². The lowest BCUT2D eigenvalue weighted by Crippen LogP contribution is -2.59. The topological polar surface area (TPSA) is 263 Å². The summed E-state index contributed by atoms with van der Waals surface area (Å²) in [6, 6.07) is -6.20. The van der Waals surface area contributed by atoms with Crippen molar-refractivity contribution in [2.24, 2.45) is 11.7 Å². The number of carboxylic acids is 4. The van der Waals surface area contributed by atoms with Crippen molar-refractivity contribution in [1.82, 2.24) is 16.0 Å². The molecule has 5 atom stereocenters. The summed E-state index contributed by atoms with van der Waals surface area (Å²) in [5.41, 5.74) is 5.56. The molecular formula is C19H30N4O11. The first-order valence-electron chi connectivity index (χ1n) is 10.2. The quantitative estimate of drug-likeness (QED) is 0.114. The molecule has 0 aliphatic heterocycles. The van der Waals surface area contributed by atoms with Gasteiger partial charge in [-0.2, -0.15) is 0 Å². The third-order valence-electron chi connectivity index (χ3n) is 4.80. The summed E-state index contributed by atoms with van der Waals surface area (Å²) < 4.78 is 0. The van der Waals surface area contributed by atoms with Crippen LogP contribution in [-0.4, -0.2) is 86.2 Å². The van der Waals surface area contributed by atoms with Crippen molar-refractivity contribution in [3.05, 3.63) is 0 Å². The summed E-state index contributed by atoms with van der Waals surface area (Å²) in [5.74, 6) is -9.48. The number of aliphatic carboxylic acids is 4. The number of carboxylic acid groups (broad SMARTS) is 4. The normalized spacial score (nSPS) is 15.0. The van der Waals surface area contributed by atoms with Crippen molar-refractivity contribution in [3.8, 4) is 0 Å². The van der Waals surface area contributed by atoms with Gasteiger partial charge in [0.25, 0.3) is 0 Å². The Labute approximate surface area is 194 Å². The highest BCUT2D eigenvalue weighted by Gasteiger charge is 2.34. The predicted molar refractivity (Wildman–Crippen MR) is 112 cm³/mol. The van der Waals surface area contributed by atoms with Gasteiger partial charge in [0.2, 0.25) is 17.7 Å². The van der Waals surface area contributed by atoms with Crippen LogP contribution >= 0.6 is 0 Å². The summed E-state index contributed by atoms with van der Waals surface area (Å²) in [6.45, 7) is 3.19. The van der Waals surface area contributed by atoms with Gasteiger partial charge in [-0.3, -0.25) is 28.8 Å². The van der Waals surface area contributed by atoms with Crippen LogP contribution in [0.5, 0.6) is 0 Å². The molecule has 0 aromatic heterocycles. The Balaban J connectivity index is 5.57. The molecule has 0 fully saturated rings. The van der Waals surface area contributed by atoms with Crippen LogP contribution in [-0.2, 0) is 33.6 Å². The van der Waals surface area contributed by atoms with Gasteiger partial charge in [-0.25, -0.2) is 4.79 Å². The average molecular weight is 490 g/mol. The van der Waals surface area contributed by atoms with E-state index in [4.69, 9.17) is 26.2 Å². The molecule has 15 nitrogen and oxygen atoms in total. The van der Waals surface area contributed by atoms with E-state index in [0.717, 1.165) is 0 Å². The summed E-state index contributed by atoms with van der Waals surface area (Å²) >= 11 is 0. The largest absolute Gasteiger partial charge is 0.481 e. The first-order valence-corrected chi connectivity index (χ1v) is 10.2. The summed E-state index contributed by atoms with van der Waals surface area (Å²) in [4.78, 5) is 81.4. The summed E-state index contributed by atoms with van der Waals surface area (Å²) in [7, 11) is 0. The van der Waals surface area contributed by atoms with E-state index in [1.165, 1.54) is 6.92 Å². The number of nitrogens with one attached hydrogen (secondary N) is 3. The highest BCUT2D eigenvalue weighted by Crippen LogP contribution is 2.10.